The Morgan fingerprint density at radius 1 is 1.07 bits per heavy atom. The summed E-state index contributed by atoms with van der Waals surface area (Å²) in [5, 5.41) is 26.4. The van der Waals surface area contributed by atoms with E-state index in [1.165, 1.54) is 24.8 Å². The maximum atomic E-state index is 14.1. The number of likely N-dealkylation sites (tertiary alicyclic amines) is 1. The lowest BCUT2D eigenvalue weighted by Crippen LogP contribution is -2.52. The molecule has 234 valence electrons. The lowest BCUT2D eigenvalue weighted by Gasteiger charge is -2.34. The van der Waals surface area contributed by atoms with E-state index in [1.807, 2.05) is 23.1 Å². The number of nitrogens with zero attached hydrogens (tertiary/aromatic N) is 3. The quantitative estimate of drug-likeness (QED) is 0.290. The van der Waals surface area contributed by atoms with E-state index < -0.39 is 23.8 Å². The molecule has 5 atom stereocenters. The standard InChI is InChI=1S/C34H49N5O4/c1-23(2)43-33(42)37-32(39-14-11-29(40)12-15-39)36-30(20-28-18-25-8-9-26(17-25)19-28)31(41)38-34(22-35)13-10-27(21-34)16-24-6-4-3-5-7-24/h3-7,23,25-30,40H,8-21H2,1-2H3,(H,38,41)(H,36,37,42). The van der Waals surface area contributed by atoms with Crippen molar-refractivity contribution in [1.82, 2.24) is 15.5 Å². The van der Waals surface area contributed by atoms with Crippen LogP contribution in [0.4, 0.5) is 4.79 Å². The van der Waals surface area contributed by atoms with Gasteiger partial charge in [0.15, 0.2) is 0 Å². The van der Waals surface area contributed by atoms with Crippen LogP contribution in [0.1, 0.15) is 90.0 Å². The number of hydrogen-bond donors (Lipinski definition) is 3. The molecule has 5 rings (SSSR count). The number of carbonyl (C=O) groups is 2. The zero-order valence-corrected chi connectivity index (χ0v) is 25.8. The van der Waals surface area contributed by atoms with Gasteiger partial charge in [-0.25, -0.2) is 9.79 Å². The molecule has 2 amide bonds. The molecule has 1 aromatic rings. The SMILES string of the molecule is CC(C)OC(=O)NC(=NC(CC1CC2CCC(C2)C1)C(=O)NC1(C#N)CCC(Cc2ccccc2)C1)N1CCC(O)CC1. The first-order chi connectivity index (χ1) is 20.7. The topological polar surface area (TPSA) is 127 Å². The molecular weight excluding hydrogens is 542 g/mol. The van der Waals surface area contributed by atoms with Crippen LogP contribution >= 0.6 is 0 Å². The Morgan fingerprint density at radius 3 is 2.42 bits per heavy atom. The lowest BCUT2D eigenvalue weighted by atomic mass is 9.78. The summed E-state index contributed by atoms with van der Waals surface area (Å²) in [5.74, 6) is 2.21. The lowest BCUT2D eigenvalue weighted by molar-refractivity contribution is -0.124. The summed E-state index contributed by atoms with van der Waals surface area (Å²) in [5.41, 5.74) is 0.326. The van der Waals surface area contributed by atoms with Crippen molar-refractivity contribution in [2.24, 2.45) is 28.7 Å². The zero-order chi connectivity index (χ0) is 30.4. The van der Waals surface area contributed by atoms with Gasteiger partial charge in [0.1, 0.15) is 11.6 Å². The average molecular weight is 592 g/mol. The van der Waals surface area contributed by atoms with Gasteiger partial charge >= 0.3 is 6.09 Å². The molecule has 1 aromatic carbocycles. The van der Waals surface area contributed by atoms with E-state index in [0.29, 0.717) is 63.0 Å². The minimum absolute atomic E-state index is 0.242. The molecule has 0 radical (unpaired) electrons. The van der Waals surface area contributed by atoms with Gasteiger partial charge < -0.3 is 20.1 Å². The molecule has 1 aliphatic heterocycles. The number of guanidine groups is 1. The number of amides is 2. The van der Waals surface area contributed by atoms with Crippen LogP contribution in [-0.2, 0) is 16.0 Å². The Balaban J connectivity index is 1.36. The fourth-order valence-corrected chi connectivity index (χ4v) is 7.96. The number of benzene rings is 1. The largest absolute Gasteiger partial charge is 0.447 e. The van der Waals surface area contributed by atoms with E-state index in [-0.39, 0.29) is 12.0 Å². The predicted molar refractivity (Wildman–Crippen MR) is 165 cm³/mol. The molecule has 0 aromatic heterocycles. The number of alkyl carbamates (subject to hydrolysis) is 1. The van der Waals surface area contributed by atoms with Crippen molar-refractivity contribution in [3.05, 3.63) is 35.9 Å². The molecule has 9 heteroatoms. The number of aliphatic imine (C=N–C) groups is 1. The Kier molecular flexibility index (Phi) is 10.3. The van der Waals surface area contributed by atoms with Gasteiger partial charge in [0.05, 0.1) is 18.3 Å². The molecule has 0 spiro atoms. The van der Waals surface area contributed by atoms with E-state index in [4.69, 9.17) is 9.73 Å². The monoisotopic (exact) mass is 591 g/mol. The molecule has 3 N–H and O–H groups in total. The minimum atomic E-state index is -0.921. The van der Waals surface area contributed by atoms with Crippen LogP contribution in [-0.4, -0.2) is 64.8 Å². The molecule has 4 fully saturated rings. The van der Waals surface area contributed by atoms with Crippen LogP contribution in [0.5, 0.6) is 0 Å². The van der Waals surface area contributed by atoms with Crippen molar-refractivity contribution >= 4 is 18.0 Å². The summed E-state index contributed by atoms with van der Waals surface area (Å²) in [6.07, 6.45) is 9.45. The highest BCUT2D eigenvalue weighted by Gasteiger charge is 2.43. The number of hydrogen-bond acceptors (Lipinski definition) is 6. The average Bonchev–Trinajstić information content (AvgIpc) is 3.54. The molecule has 43 heavy (non-hydrogen) atoms. The van der Waals surface area contributed by atoms with Crippen LogP contribution in [0.3, 0.4) is 0 Å². The van der Waals surface area contributed by atoms with Gasteiger partial charge in [-0.1, -0.05) is 43.2 Å². The predicted octanol–water partition coefficient (Wildman–Crippen LogP) is 4.94. The second-order valence-electron chi connectivity index (χ2n) is 13.9. The van der Waals surface area contributed by atoms with Crippen molar-refractivity contribution in [3.63, 3.8) is 0 Å². The van der Waals surface area contributed by atoms with E-state index in [1.54, 1.807) is 13.8 Å². The summed E-state index contributed by atoms with van der Waals surface area (Å²) in [6.45, 7) is 4.62. The number of nitriles is 1. The molecule has 2 bridgehead atoms. The molecule has 1 heterocycles. The molecular formula is C34H49N5O4. The summed E-state index contributed by atoms with van der Waals surface area (Å²) < 4.78 is 5.37. The fourth-order valence-electron chi connectivity index (χ4n) is 7.96. The number of nitrogens with one attached hydrogen (secondary N) is 2. The van der Waals surface area contributed by atoms with Crippen LogP contribution in [0, 0.1) is 35.0 Å². The van der Waals surface area contributed by atoms with Gasteiger partial charge in [-0.3, -0.25) is 10.1 Å². The number of ether oxygens (including phenoxy) is 1. The van der Waals surface area contributed by atoms with Crippen LogP contribution in [0.15, 0.2) is 35.3 Å². The van der Waals surface area contributed by atoms with Gasteiger partial charge in [-0.2, -0.15) is 5.26 Å². The maximum absolute atomic E-state index is 14.1. The smallest absolute Gasteiger partial charge is 0.414 e. The fraction of sp³-hybridized carbons (Fsp3) is 0.706. The number of rotatable bonds is 8. The van der Waals surface area contributed by atoms with Gasteiger partial charge in [0, 0.05) is 13.1 Å². The highest BCUT2D eigenvalue weighted by atomic mass is 16.6. The van der Waals surface area contributed by atoms with Crippen LogP contribution in [0.2, 0.25) is 0 Å². The Morgan fingerprint density at radius 2 is 1.77 bits per heavy atom. The van der Waals surface area contributed by atoms with Crippen LogP contribution < -0.4 is 10.6 Å². The van der Waals surface area contributed by atoms with E-state index in [0.717, 1.165) is 37.5 Å². The third kappa shape index (κ3) is 8.50. The number of fused-ring (bicyclic) bond motifs is 2. The molecule has 4 aliphatic rings. The van der Waals surface area contributed by atoms with E-state index >= 15 is 0 Å². The number of aliphatic hydroxyl groups excluding tert-OH is 1. The minimum Gasteiger partial charge on any atom is -0.447 e. The second kappa shape index (κ2) is 14.1. The Labute approximate surface area is 256 Å². The number of piperidine rings is 1. The summed E-state index contributed by atoms with van der Waals surface area (Å²) in [4.78, 5) is 33.8. The molecule has 1 saturated heterocycles. The second-order valence-corrected chi connectivity index (χ2v) is 13.9. The Bertz CT molecular complexity index is 1160. The number of carbonyl (C=O) groups excluding carboxylic acids is 2. The first-order valence-corrected chi connectivity index (χ1v) is 16.5. The third-order valence-corrected chi connectivity index (χ3v) is 10.0. The van der Waals surface area contributed by atoms with Gasteiger partial charge in [0.2, 0.25) is 11.9 Å². The molecule has 3 aliphatic carbocycles. The zero-order valence-electron chi connectivity index (χ0n) is 25.8. The summed E-state index contributed by atoms with van der Waals surface area (Å²) in [7, 11) is 0. The number of aliphatic hydroxyl groups is 1. The highest BCUT2D eigenvalue weighted by Crippen LogP contribution is 2.46. The van der Waals surface area contributed by atoms with Crippen molar-refractivity contribution < 1.29 is 19.4 Å². The van der Waals surface area contributed by atoms with Gasteiger partial charge in [0.25, 0.3) is 0 Å². The summed E-state index contributed by atoms with van der Waals surface area (Å²) in [6, 6.07) is 12.1. The van der Waals surface area contributed by atoms with Gasteiger partial charge in [-0.05, 0) is 107 Å². The highest BCUT2D eigenvalue weighted by molar-refractivity contribution is 5.96. The maximum Gasteiger partial charge on any atom is 0.414 e. The third-order valence-electron chi connectivity index (χ3n) is 10.0. The normalized spacial score (nSPS) is 30.1. The van der Waals surface area contributed by atoms with E-state index in [2.05, 4.69) is 28.8 Å². The first kappa shape index (κ1) is 31.3. The molecule has 5 unspecified atom stereocenters. The molecule has 3 saturated carbocycles. The van der Waals surface area contributed by atoms with Crippen molar-refractivity contribution in [3.8, 4) is 6.07 Å². The summed E-state index contributed by atoms with van der Waals surface area (Å²) >= 11 is 0. The van der Waals surface area contributed by atoms with Gasteiger partial charge in [-0.15, -0.1) is 0 Å². The molecule has 9 nitrogen and oxygen atoms in total. The van der Waals surface area contributed by atoms with Crippen LogP contribution in [0.25, 0.3) is 0 Å². The van der Waals surface area contributed by atoms with Crippen molar-refractivity contribution in [1.29, 1.82) is 5.26 Å². The van der Waals surface area contributed by atoms with E-state index in [9.17, 15) is 20.0 Å². The van der Waals surface area contributed by atoms with Crippen molar-refractivity contribution in [2.45, 2.75) is 115 Å². The first-order valence-electron chi connectivity index (χ1n) is 16.5. The van der Waals surface area contributed by atoms with Crippen molar-refractivity contribution in [2.75, 3.05) is 13.1 Å². The Hall–Kier alpha value is -3.12.